The van der Waals surface area contributed by atoms with Crippen LogP contribution in [-0.4, -0.2) is 111 Å². The highest BCUT2D eigenvalue weighted by Gasteiger charge is 2.39. The lowest BCUT2D eigenvalue weighted by Gasteiger charge is -2.35. The van der Waals surface area contributed by atoms with E-state index in [0.29, 0.717) is 49.9 Å². The van der Waals surface area contributed by atoms with Crippen molar-refractivity contribution in [3.05, 3.63) is 143 Å². The minimum absolute atomic E-state index is 0.00370. The topological polar surface area (TPSA) is 238 Å². The number of ether oxygens (including phenoxy) is 2. The van der Waals surface area contributed by atoms with Crippen LogP contribution in [0.2, 0.25) is 0 Å². The summed E-state index contributed by atoms with van der Waals surface area (Å²) < 4.78 is 122. The van der Waals surface area contributed by atoms with E-state index >= 15 is 0 Å². The van der Waals surface area contributed by atoms with E-state index in [9.17, 15) is 54.9 Å². The molecule has 6 aromatic heterocycles. The van der Waals surface area contributed by atoms with Gasteiger partial charge in [-0.2, -0.15) is 36.5 Å². The molecule has 2 aromatic carbocycles. The Morgan fingerprint density at radius 2 is 0.974 bits per heavy atom. The number of carbonyl (C=O) groups excluding carboxylic acids is 2. The second-order valence-corrected chi connectivity index (χ2v) is 18.6. The van der Waals surface area contributed by atoms with Gasteiger partial charge in [-0.3, -0.25) is 9.59 Å². The van der Waals surface area contributed by atoms with Crippen LogP contribution in [0, 0.1) is 23.5 Å². The van der Waals surface area contributed by atoms with E-state index in [4.69, 9.17) is 20.9 Å². The third kappa shape index (κ3) is 10.9. The Labute approximate surface area is 437 Å². The Balaban J connectivity index is 0.000000190. The lowest BCUT2D eigenvalue weighted by atomic mass is 9.88. The van der Waals surface area contributed by atoms with Gasteiger partial charge >= 0.3 is 12.4 Å². The maximum Gasteiger partial charge on any atom is 0.418 e. The van der Waals surface area contributed by atoms with Gasteiger partial charge in [0.25, 0.3) is 11.8 Å². The largest absolute Gasteiger partial charge is 0.480 e. The van der Waals surface area contributed by atoms with Crippen molar-refractivity contribution in [2.24, 2.45) is 11.8 Å². The summed E-state index contributed by atoms with van der Waals surface area (Å²) in [4.78, 5) is 46.1. The van der Waals surface area contributed by atoms with Crippen molar-refractivity contribution in [1.82, 2.24) is 49.0 Å². The van der Waals surface area contributed by atoms with Crippen molar-refractivity contribution in [3.63, 3.8) is 0 Å². The van der Waals surface area contributed by atoms with Gasteiger partial charge in [0.05, 0.1) is 48.9 Å². The Kier molecular flexibility index (Phi) is 15.2. The van der Waals surface area contributed by atoms with Crippen molar-refractivity contribution < 1.29 is 64.4 Å². The smallest absolute Gasteiger partial charge is 0.418 e. The molecule has 2 aliphatic rings. The Morgan fingerprint density at radius 1 is 0.603 bits per heavy atom. The van der Waals surface area contributed by atoms with Crippen LogP contribution in [0.5, 0.6) is 11.8 Å². The molecule has 2 amide bonds. The van der Waals surface area contributed by atoms with Crippen LogP contribution in [-0.2, 0) is 12.4 Å². The highest BCUT2D eigenvalue weighted by Crippen LogP contribution is 2.42. The molecule has 2 aliphatic heterocycles. The maximum absolute atomic E-state index is 13.8. The molecule has 10 rings (SSSR count). The van der Waals surface area contributed by atoms with Gasteiger partial charge in [0.1, 0.15) is 46.4 Å². The number of aromatic nitrogens is 8. The SMILES string of the molecule is COc1ncc(-c2cc(C(F)(F)F)c3c(N)ncnn23)cc1C(=O)N1CCCC(C(O)c2ccc(F)cc2)C1.COc1ncc(-c2cc(C(F)(F)F)c3c(N)ncnn23)cc1C(=O)N1CCCC(C(O)c2ccc(F)cc2)C1. The fourth-order valence-corrected chi connectivity index (χ4v) is 9.90. The number of carbonyl (C=O) groups is 2. The Bertz CT molecular complexity index is 3270. The number of halogens is 8. The summed E-state index contributed by atoms with van der Waals surface area (Å²) in [5.41, 5.74) is 10.2. The molecule has 2 saturated heterocycles. The minimum Gasteiger partial charge on any atom is -0.480 e. The van der Waals surface area contributed by atoms with Crippen LogP contribution in [0.15, 0.2) is 97.8 Å². The molecule has 0 saturated carbocycles. The first kappa shape index (κ1) is 54.3. The molecule has 4 atom stereocenters. The number of methoxy groups -OCH3 is 2. The first-order chi connectivity index (χ1) is 37.2. The number of fused-ring (bicyclic) bond motifs is 2. The highest BCUT2D eigenvalue weighted by molar-refractivity contribution is 5.98. The average Bonchev–Trinajstić information content (AvgIpc) is 4.06. The molecule has 2 fully saturated rings. The number of hydrogen-bond donors (Lipinski definition) is 4. The Hall–Kier alpha value is -8.52. The lowest BCUT2D eigenvalue weighted by Crippen LogP contribution is -2.41. The van der Waals surface area contributed by atoms with E-state index in [1.807, 2.05) is 0 Å². The predicted molar refractivity (Wildman–Crippen MR) is 264 cm³/mol. The summed E-state index contributed by atoms with van der Waals surface area (Å²) in [5, 5.41) is 29.6. The van der Waals surface area contributed by atoms with Crippen LogP contribution in [0.1, 0.15) is 80.9 Å². The number of nitrogens with two attached hydrogens (primary N) is 2. The third-order valence-electron chi connectivity index (χ3n) is 13.7. The lowest BCUT2D eigenvalue weighted by molar-refractivity contribution is -0.137. The molecule has 0 spiro atoms. The monoisotopic (exact) mass is 1090 g/mol. The number of anilines is 2. The quantitative estimate of drug-likeness (QED) is 0.0944. The molecule has 8 heterocycles. The highest BCUT2D eigenvalue weighted by atomic mass is 19.4. The number of alkyl halides is 6. The van der Waals surface area contributed by atoms with Gasteiger partial charge in [-0.25, -0.2) is 37.7 Å². The summed E-state index contributed by atoms with van der Waals surface area (Å²) in [6.07, 6.45) is -4.12. The molecule has 78 heavy (non-hydrogen) atoms. The second kappa shape index (κ2) is 21.8. The number of piperidine rings is 2. The standard InChI is InChI=1S/2C26H24F4N6O3/c2*1-39-24-18(25(38)35-8-2-3-15(12-35)22(37)14-4-6-17(27)7-5-14)9-16(11-32-24)20-10-19(26(28,29)30)21-23(31)33-13-34-36(20)21/h2*4-7,9-11,13,15,22,37H,2-3,8,12H2,1H3,(H2,31,33,34). The van der Waals surface area contributed by atoms with E-state index in [1.54, 1.807) is 9.80 Å². The fraction of sp³-hybridized carbons (Fsp3) is 0.308. The summed E-state index contributed by atoms with van der Waals surface area (Å²) in [5.74, 6) is -3.06. The Morgan fingerprint density at radius 3 is 1.32 bits per heavy atom. The number of nitrogens with zero attached hydrogens (tertiary/aromatic N) is 10. The normalized spacial score (nSPS) is 16.9. The molecule has 6 N–H and O–H groups in total. The van der Waals surface area contributed by atoms with E-state index in [-0.39, 0.29) is 82.0 Å². The summed E-state index contributed by atoms with van der Waals surface area (Å²) in [7, 11) is 2.66. The molecule has 4 unspecified atom stereocenters. The number of aliphatic hydroxyl groups is 2. The van der Waals surface area contributed by atoms with Crippen molar-refractivity contribution in [2.75, 3.05) is 51.9 Å². The number of benzene rings is 2. The third-order valence-corrected chi connectivity index (χ3v) is 13.7. The molecule has 0 bridgehead atoms. The molecule has 408 valence electrons. The van der Waals surface area contributed by atoms with E-state index in [1.165, 1.54) is 87.3 Å². The van der Waals surface area contributed by atoms with Crippen molar-refractivity contribution in [2.45, 2.75) is 50.2 Å². The first-order valence-electron chi connectivity index (χ1n) is 24.1. The molecular formula is C52H48F8N12O6. The summed E-state index contributed by atoms with van der Waals surface area (Å²) in [6, 6.07) is 15.6. The van der Waals surface area contributed by atoms with E-state index < -0.39 is 70.2 Å². The van der Waals surface area contributed by atoms with Gasteiger partial charge in [0.15, 0.2) is 11.6 Å². The van der Waals surface area contributed by atoms with E-state index in [2.05, 4.69) is 30.1 Å². The van der Waals surface area contributed by atoms with E-state index in [0.717, 1.165) is 33.8 Å². The second-order valence-electron chi connectivity index (χ2n) is 18.6. The number of nitrogen functional groups attached to an aromatic ring is 2. The average molecular weight is 1090 g/mol. The van der Waals surface area contributed by atoms with Crippen molar-refractivity contribution in [1.29, 1.82) is 0 Å². The first-order valence-corrected chi connectivity index (χ1v) is 24.1. The predicted octanol–water partition coefficient (Wildman–Crippen LogP) is 8.25. The van der Waals surface area contributed by atoms with Gasteiger partial charge in [-0.15, -0.1) is 0 Å². The number of aliphatic hydroxyl groups excluding tert-OH is 2. The molecular weight excluding hydrogens is 1040 g/mol. The number of amides is 2. The molecule has 26 heteroatoms. The van der Waals surface area contributed by atoms with Crippen LogP contribution in [0.4, 0.5) is 46.8 Å². The zero-order chi connectivity index (χ0) is 55.8. The zero-order valence-electron chi connectivity index (χ0n) is 41.4. The molecule has 18 nitrogen and oxygen atoms in total. The minimum atomic E-state index is -4.73. The molecule has 0 radical (unpaired) electrons. The molecule has 0 aliphatic carbocycles. The van der Waals surface area contributed by atoms with Gasteiger partial charge in [-0.1, -0.05) is 24.3 Å². The molecule has 8 aromatic rings. The van der Waals surface area contributed by atoms with Gasteiger partial charge in [0, 0.05) is 61.5 Å². The van der Waals surface area contributed by atoms with Gasteiger partial charge in [-0.05, 0) is 85.3 Å². The summed E-state index contributed by atoms with van der Waals surface area (Å²) in [6.45, 7) is 1.21. The maximum atomic E-state index is 13.8. The zero-order valence-corrected chi connectivity index (χ0v) is 41.4. The number of rotatable bonds is 10. The summed E-state index contributed by atoms with van der Waals surface area (Å²) >= 11 is 0. The fourth-order valence-electron chi connectivity index (χ4n) is 9.90. The number of hydrogen-bond acceptors (Lipinski definition) is 14. The van der Waals surface area contributed by atoms with Gasteiger partial charge < -0.3 is 41.0 Å². The van der Waals surface area contributed by atoms with Crippen LogP contribution in [0.25, 0.3) is 33.5 Å². The number of pyridine rings is 2. The number of likely N-dealkylation sites (tertiary alicyclic amines) is 2. The van der Waals surface area contributed by atoms with Crippen molar-refractivity contribution >= 4 is 34.5 Å². The van der Waals surface area contributed by atoms with Crippen LogP contribution < -0.4 is 20.9 Å². The van der Waals surface area contributed by atoms with Crippen LogP contribution in [0.3, 0.4) is 0 Å². The van der Waals surface area contributed by atoms with Crippen molar-refractivity contribution in [3.8, 4) is 34.3 Å². The van der Waals surface area contributed by atoms with Gasteiger partial charge in [0.2, 0.25) is 11.8 Å². The van der Waals surface area contributed by atoms with Crippen LogP contribution >= 0.6 is 0 Å².